The molecule has 0 aliphatic heterocycles. The minimum absolute atomic E-state index is 0.149. The highest BCUT2D eigenvalue weighted by molar-refractivity contribution is 7.85. The molecule has 3 amide bonds. The minimum atomic E-state index is -1.32. The van der Waals surface area contributed by atoms with Gasteiger partial charge in [-0.3, -0.25) is 14.3 Å². The topological polar surface area (TPSA) is 102 Å². The van der Waals surface area contributed by atoms with E-state index in [0.717, 1.165) is 6.42 Å². The summed E-state index contributed by atoms with van der Waals surface area (Å²) in [5.41, 5.74) is 0.149. The first-order chi connectivity index (χ1) is 11.0. The second-order valence-corrected chi connectivity index (χ2v) is 6.22. The lowest BCUT2D eigenvalue weighted by Crippen LogP contribution is -2.41. The van der Waals surface area contributed by atoms with Crippen LogP contribution in [0.3, 0.4) is 0 Å². The van der Waals surface area contributed by atoms with Crippen LogP contribution in [0.25, 0.3) is 0 Å². The van der Waals surface area contributed by atoms with Gasteiger partial charge in [0.25, 0.3) is 5.91 Å². The average molecular weight is 340 g/mol. The van der Waals surface area contributed by atoms with Crippen LogP contribution in [0.4, 0.5) is 4.79 Å². The van der Waals surface area contributed by atoms with Crippen molar-refractivity contribution < 1.29 is 23.3 Å². The number of rotatable bonds is 7. The molecule has 0 aliphatic carbocycles. The van der Waals surface area contributed by atoms with E-state index >= 15 is 0 Å². The van der Waals surface area contributed by atoms with Gasteiger partial charge in [0, 0.05) is 12.3 Å². The van der Waals surface area contributed by atoms with Crippen molar-refractivity contribution in [1.82, 2.24) is 10.6 Å². The number of amides is 3. The van der Waals surface area contributed by atoms with Gasteiger partial charge >= 0.3 is 12.0 Å². The molecule has 8 heteroatoms. The number of carbonyl (C=O) groups excluding carboxylic acids is 3. The Hall–Kier alpha value is -2.22. The lowest BCUT2D eigenvalue weighted by Gasteiger charge is -2.09. The lowest BCUT2D eigenvalue weighted by atomic mass is 10.2. The summed E-state index contributed by atoms with van der Waals surface area (Å²) in [6.45, 7) is 3.46. The molecule has 0 saturated heterocycles. The maximum absolute atomic E-state index is 12.0. The molecule has 7 nitrogen and oxygen atoms in total. The zero-order valence-electron chi connectivity index (χ0n) is 13.1. The molecule has 0 unspecified atom stereocenters. The molecule has 2 N–H and O–H groups in total. The van der Waals surface area contributed by atoms with Crippen LogP contribution in [0.2, 0.25) is 0 Å². The zero-order valence-corrected chi connectivity index (χ0v) is 13.9. The molecule has 0 bridgehead atoms. The number of imide groups is 1. The van der Waals surface area contributed by atoms with E-state index < -0.39 is 35.3 Å². The van der Waals surface area contributed by atoms with E-state index in [0.29, 0.717) is 17.2 Å². The van der Waals surface area contributed by atoms with Crippen LogP contribution in [0.5, 0.6) is 0 Å². The van der Waals surface area contributed by atoms with Crippen molar-refractivity contribution in [2.24, 2.45) is 0 Å². The molecule has 0 heterocycles. The fraction of sp³-hybridized carbons (Fsp3) is 0.400. The standard InChI is InChI=1S/C15H20N2O5S/c1-3-9-16-15(20)17-13(18)10-22-14(19)11-7-5-6-8-12(11)23(21)4-2/h5-8H,3-4,9-10H2,1-2H3,(H2,16,17,18,20)/t23-/m1/s1. The van der Waals surface area contributed by atoms with E-state index in [9.17, 15) is 18.6 Å². The van der Waals surface area contributed by atoms with E-state index in [1.165, 1.54) is 6.07 Å². The smallest absolute Gasteiger partial charge is 0.339 e. The van der Waals surface area contributed by atoms with E-state index in [-0.39, 0.29) is 5.56 Å². The van der Waals surface area contributed by atoms with Gasteiger partial charge in [0.15, 0.2) is 6.61 Å². The lowest BCUT2D eigenvalue weighted by molar-refractivity contribution is -0.123. The van der Waals surface area contributed by atoms with Crippen molar-refractivity contribution in [2.75, 3.05) is 18.9 Å². The molecule has 0 spiro atoms. The van der Waals surface area contributed by atoms with Crippen molar-refractivity contribution in [2.45, 2.75) is 25.2 Å². The maximum atomic E-state index is 12.0. The third-order valence-electron chi connectivity index (χ3n) is 2.74. The molecule has 1 aromatic carbocycles. The number of ether oxygens (including phenoxy) is 1. The molecular formula is C15H20N2O5S. The average Bonchev–Trinajstić information content (AvgIpc) is 2.57. The number of urea groups is 1. The quantitative estimate of drug-likeness (QED) is 0.727. The van der Waals surface area contributed by atoms with Crippen molar-refractivity contribution in [3.63, 3.8) is 0 Å². The number of esters is 1. The number of hydrogen-bond donors (Lipinski definition) is 2. The Morgan fingerprint density at radius 3 is 2.52 bits per heavy atom. The van der Waals surface area contributed by atoms with Gasteiger partial charge in [0.1, 0.15) is 0 Å². The summed E-state index contributed by atoms with van der Waals surface area (Å²) in [7, 11) is -1.32. The highest BCUT2D eigenvalue weighted by atomic mass is 32.2. The Bertz CT molecular complexity index is 603. The Kier molecular flexibility index (Phi) is 7.96. The number of carbonyl (C=O) groups is 3. The minimum Gasteiger partial charge on any atom is -0.452 e. The number of hydrogen-bond acceptors (Lipinski definition) is 5. The van der Waals surface area contributed by atoms with Crippen LogP contribution in [0, 0.1) is 0 Å². The molecule has 23 heavy (non-hydrogen) atoms. The van der Waals surface area contributed by atoms with Crippen LogP contribution in [-0.4, -0.2) is 41.0 Å². The normalized spacial score (nSPS) is 11.4. The summed E-state index contributed by atoms with van der Waals surface area (Å²) in [6, 6.07) is 5.71. The third-order valence-corrected chi connectivity index (χ3v) is 4.11. The van der Waals surface area contributed by atoms with Crippen molar-refractivity contribution in [3.8, 4) is 0 Å². The summed E-state index contributed by atoms with van der Waals surface area (Å²) in [4.78, 5) is 35.2. The molecule has 0 radical (unpaired) electrons. The molecule has 126 valence electrons. The summed E-state index contributed by atoms with van der Waals surface area (Å²) < 4.78 is 16.8. The molecular weight excluding hydrogens is 320 g/mol. The predicted octanol–water partition coefficient (Wildman–Crippen LogP) is 1.21. The predicted molar refractivity (Wildman–Crippen MR) is 85.5 cm³/mol. The largest absolute Gasteiger partial charge is 0.452 e. The van der Waals surface area contributed by atoms with Crippen molar-refractivity contribution in [1.29, 1.82) is 0 Å². The Morgan fingerprint density at radius 1 is 1.17 bits per heavy atom. The van der Waals surface area contributed by atoms with Crippen LogP contribution in [-0.2, 0) is 20.3 Å². The third kappa shape index (κ3) is 6.19. The van der Waals surface area contributed by atoms with Gasteiger partial charge in [-0.2, -0.15) is 0 Å². The Balaban J connectivity index is 2.59. The molecule has 0 fully saturated rings. The van der Waals surface area contributed by atoms with Crippen LogP contribution in [0.15, 0.2) is 29.2 Å². The molecule has 0 aromatic heterocycles. The summed E-state index contributed by atoms with van der Waals surface area (Å²) in [5, 5.41) is 4.51. The van der Waals surface area contributed by atoms with Gasteiger partial charge < -0.3 is 10.1 Å². The first-order valence-corrected chi connectivity index (χ1v) is 8.53. The summed E-state index contributed by atoms with van der Waals surface area (Å²) in [6.07, 6.45) is 0.738. The highest BCUT2D eigenvalue weighted by Gasteiger charge is 2.17. The van der Waals surface area contributed by atoms with Crippen LogP contribution in [0.1, 0.15) is 30.6 Å². The van der Waals surface area contributed by atoms with Gasteiger partial charge in [-0.05, 0) is 18.6 Å². The summed E-state index contributed by atoms with van der Waals surface area (Å²) >= 11 is 0. The molecule has 1 aromatic rings. The Labute approximate surface area is 137 Å². The van der Waals surface area contributed by atoms with Crippen LogP contribution < -0.4 is 10.6 Å². The second kappa shape index (κ2) is 9.73. The van der Waals surface area contributed by atoms with Gasteiger partial charge in [-0.25, -0.2) is 9.59 Å². The molecule has 0 saturated carbocycles. The molecule has 0 aliphatic rings. The molecule has 1 atom stereocenters. The number of nitrogens with one attached hydrogen (secondary N) is 2. The van der Waals surface area contributed by atoms with E-state index in [4.69, 9.17) is 4.74 Å². The first-order valence-electron chi connectivity index (χ1n) is 7.21. The van der Waals surface area contributed by atoms with E-state index in [1.807, 2.05) is 12.2 Å². The van der Waals surface area contributed by atoms with E-state index in [2.05, 4.69) is 5.32 Å². The van der Waals surface area contributed by atoms with Crippen molar-refractivity contribution >= 4 is 28.7 Å². The van der Waals surface area contributed by atoms with Crippen LogP contribution >= 0.6 is 0 Å². The number of benzene rings is 1. The fourth-order valence-electron chi connectivity index (χ4n) is 1.64. The first kappa shape index (κ1) is 18.8. The second-order valence-electron chi connectivity index (χ2n) is 4.51. The SMILES string of the molecule is CCCNC(=O)NC(=O)COC(=O)c1ccccc1[S@](=O)CC. The fourth-order valence-corrected chi connectivity index (χ4v) is 2.58. The summed E-state index contributed by atoms with van der Waals surface area (Å²) in [5.74, 6) is -1.13. The van der Waals surface area contributed by atoms with E-state index in [1.54, 1.807) is 25.1 Å². The van der Waals surface area contributed by atoms with Crippen molar-refractivity contribution in [3.05, 3.63) is 29.8 Å². The van der Waals surface area contributed by atoms with Gasteiger partial charge in [0.05, 0.1) is 21.3 Å². The van der Waals surface area contributed by atoms with Gasteiger partial charge in [-0.15, -0.1) is 0 Å². The molecule has 1 rings (SSSR count). The maximum Gasteiger partial charge on any atom is 0.339 e. The highest BCUT2D eigenvalue weighted by Crippen LogP contribution is 2.15. The monoisotopic (exact) mass is 340 g/mol. The zero-order chi connectivity index (χ0) is 17.2. The van der Waals surface area contributed by atoms with Gasteiger partial charge in [-0.1, -0.05) is 26.0 Å². The van der Waals surface area contributed by atoms with Gasteiger partial charge in [0.2, 0.25) is 0 Å². The Morgan fingerprint density at radius 2 is 1.87 bits per heavy atom.